The lowest BCUT2D eigenvalue weighted by atomic mass is 10.3. The van der Waals surface area contributed by atoms with Gasteiger partial charge in [-0.3, -0.25) is 4.79 Å². The number of unbranched alkanes of at least 4 members (excludes halogenated alkanes) is 1. The molecule has 0 spiro atoms. The minimum atomic E-state index is -0.902. The maximum Gasteiger partial charge on any atom is 0.317 e. The summed E-state index contributed by atoms with van der Waals surface area (Å²) in [7, 11) is 1.58. The van der Waals surface area contributed by atoms with Crippen LogP contribution in [-0.4, -0.2) is 54.9 Å². The molecule has 6 nitrogen and oxygen atoms in total. The maximum absolute atomic E-state index is 11.5. The van der Waals surface area contributed by atoms with Crippen molar-refractivity contribution in [1.82, 2.24) is 10.2 Å². The van der Waals surface area contributed by atoms with E-state index in [0.29, 0.717) is 13.2 Å². The first-order valence-electron chi connectivity index (χ1n) is 6.26. The lowest BCUT2D eigenvalue weighted by molar-refractivity contribution is -0.137. The van der Waals surface area contributed by atoms with Crippen LogP contribution in [0.15, 0.2) is 0 Å². The van der Waals surface area contributed by atoms with Gasteiger partial charge in [-0.15, -0.1) is 0 Å². The van der Waals surface area contributed by atoms with Crippen molar-refractivity contribution in [3.63, 3.8) is 0 Å². The van der Waals surface area contributed by atoms with Crippen molar-refractivity contribution in [3.05, 3.63) is 0 Å². The van der Waals surface area contributed by atoms with Gasteiger partial charge in [-0.2, -0.15) is 0 Å². The van der Waals surface area contributed by atoms with Crippen molar-refractivity contribution in [2.45, 2.75) is 39.2 Å². The van der Waals surface area contributed by atoms with E-state index in [9.17, 15) is 9.59 Å². The molecular formula is C12H24N2O4. The van der Waals surface area contributed by atoms with Crippen LogP contribution < -0.4 is 5.32 Å². The summed E-state index contributed by atoms with van der Waals surface area (Å²) in [6.07, 6.45) is 1.95. The highest BCUT2D eigenvalue weighted by Crippen LogP contribution is 1.94. The van der Waals surface area contributed by atoms with Gasteiger partial charge in [0.05, 0.1) is 12.5 Å². The fraction of sp³-hybridized carbons (Fsp3) is 0.833. The van der Waals surface area contributed by atoms with E-state index >= 15 is 0 Å². The highest BCUT2D eigenvalue weighted by atomic mass is 16.5. The quantitative estimate of drug-likeness (QED) is 0.613. The van der Waals surface area contributed by atoms with Crippen LogP contribution in [0.3, 0.4) is 0 Å². The molecule has 0 saturated carbocycles. The molecule has 0 aliphatic heterocycles. The molecule has 0 radical (unpaired) electrons. The molecular weight excluding hydrogens is 236 g/mol. The molecule has 2 N–H and O–H groups in total. The Morgan fingerprint density at radius 3 is 2.56 bits per heavy atom. The molecule has 0 aromatic carbocycles. The molecule has 0 rings (SSSR count). The molecule has 0 aromatic heterocycles. The Morgan fingerprint density at radius 1 is 1.33 bits per heavy atom. The zero-order valence-electron chi connectivity index (χ0n) is 11.4. The predicted octanol–water partition coefficient (Wildman–Crippen LogP) is 1.31. The number of nitrogens with one attached hydrogen (secondary N) is 1. The fourth-order valence-electron chi connectivity index (χ4n) is 1.24. The summed E-state index contributed by atoms with van der Waals surface area (Å²) >= 11 is 0. The number of hydrogen-bond acceptors (Lipinski definition) is 3. The van der Waals surface area contributed by atoms with Crippen molar-refractivity contribution >= 4 is 12.0 Å². The topological polar surface area (TPSA) is 78.9 Å². The van der Waals surface area contributed by atoms with E-state index in [2.05, 4.69) is 5.32 Å². The van der Waals surface area contributed by atoms with Gasteiger partial charge in [-0.25, -0.2) is 4.79 Å². The number of rotatable bonds is 9. The van der Waals surface area contributed by atoms with Crippen molar-refractivity contribution in [1.29, 1.82) is 0 Å². The standard InChI is InChI=1S/C12H24N2O4/c1-10(2)18-9-5-4-7-13-12(17)14(3)8-6-11(15)16/h10H,4-9H2,1-3H3,(H,13,17)(H,15,16). The average Bonchev–Trinajstić information content (AvgIpc) is 2.29. The van der Waals surface area contributed by atoms with Crippen LogP contribution in [0, 0.1) is 0 Å². The average molecular weight is 260 g/mol. The van der Waals surface area contributed by atoms with Gasteiger partial charge >= 0.3 is 12.0 Å². The van der Waals surface area contributed by atoms with E-state index in [4.69, 9.17) is 9.84 Å². The van der Waals surface area contributed by atoms with Gasteiger partial charge in [0.25, 0.3) is 0 Å². The first kappa shape index (κ1) is 16.7. The molecule has 0 fully saturated rings. The summed E-state index contributed by atoms with van der Waals surface area (Å²) in [5, 5.41) is 11.2. The van der Waals surface area contributed by atoms with Gasteiger partial charge < -0.3 is 20.1 Å². The Hall–Kier alpha value is -1.30. The van der Waals surface area contributed by atoms with Crippen molar-refractivity contribution in [2.75, 3.05) is 26.7 Å². The zero-order valence-corrected chi connectivity index (χ0v) is 11.4. The Morgan fingerprint density at radius 2 is 2.00 bits per heavy atom. The molecule has 0 saturated heterocycles. The summed E-state index contributed by atoms with van der Waals surface area (Å²) in [6.45, 7) is 5.47. The number of hydrogen-bond donors (Lipinski definition) is 2. The largest absolute Gasteiger partial charge is 0.481 e. The van der Waals surface area contributed by atoms with Gasteiger partial charge in [0, 0.05) is 26.7 Å². The highest BCUT2D eigenvalue weighted by molar-refractivity contribution is 5.74. The molecule has 0 aromatic rings. The maximum atomic E-state index is 11.5. The number of carbonyl (C=O) groups is 2. The van der Waals surface area contributed by atoms with Gasteiger partial charge in [-0.05, 0) is 26.7 Å². The van der Waals surface area contributed by atoms with Crippen LogP contribution in [-0.2, 0) is 9.53 Å². The number of aliphatic carboxylic acids is 1. The fourth-order valence-corrected chi connectivity index (χ4v) is 1.24. The molecule has 0 unspecified atom stereocenters. The summed E-state index contributed by atoms with van der Waals surface area (Å²) in [5.74, 6) is -0.902. The molecule has 18 heavy (non-hydrogen) atoms. The van der Waals surface area contributed by atoms with E-state index in [0.717, 1.165) is 12.8 Å². The summed E-state index contributed by atoms with van der Waals surface area (Å²) < 4.78 is 5.37. The van der Waals surface area contributed by atoms with Crippen molar-refractivity contribution < 1.29 is 19.4 Å². The summed E-state index contributed by atoms with van der Waals surface area (Å²) in [5.41, 5.74) is 0. The third-order valence-electron chi connectivity index (χ3n) is 2.31. The van der Waals surface area contributed by atoms with Crippen LogP contribution in [0.2, 0.25) is 0 Å². The first-order chi connectivity index (χ1) is 8.43. The van der Waals surface area contributed by atoms with E-state index < -0.39 is 5.97 Å². The number of nitrogens with zero attached hydrogens (tertiary/aromatic N) is 1. The molecule has 0 aliphatic carbocycles. The Labute approximate surface area is 108 Å². The van der Waals surface area contributed by atoms with Crippen LogP contribution in [0.1, 0.15) is 33.1 Å². The third kappa shape index (κ3) is 9.89. The normalized spacial score (nSPS) is 10.4. The molecule has 0 atom stereocenters. The van der Waals surface area contributed by atoms with Crippen LogP contribution in [0.5, 0.6) is 0 Å². The number of urea groups is 1. The van der Waals surface area contributed by atoms with Crippen LogP contribution in [0.25, 0.3) is 0 Å². The van der Waals surface area contributed by atoms with E-state index in [-0.39, 0.29) is 25.1 Å². The van der Waals surface area contributed by atoms with Gasteiger partial charge in [0.15, 0.2) is 0 Å². The second-order valence-electron chi connectivity index (χ2n) is 4.42. The minimum Gasteiger partial charge on any atom is -0.481 e. The number of carboxylic acids is 1. The number of carboxylic acid groups (broad SMARTS) is 1. The van der Waals surface area contributed by atoms with Crippen LogP contribution in [0.4, 0.5) is 4.79 Å². The van der Waals surface area contributed by atoms with Gasteiger partial charge in [-0.1, -0.05) is 0 Å². The summed E-state index contributed by atoms with van der Waals surface area (Å²) in [6, 6.07) is -0.235. The van der Waals surface area contributed by atoms with Crippen LogP contribution >= 0.6 is 0 Å². The molecule has 0 bridgehead atoms. The second kappa shape index (κ2) is 9.70. The summed E-state index contributed by atoms with van der Waals surface area (Å²) in [4.78, 5) is 23.2. The molecule has 6 heteroatoms. The molecule has 0 heterocycles. The SMILES string of the molecule is CC(C)OCCCCNC(=O)N(C)CCC(=O)O. The number of ether oxygens (including phenoxy) is 1. The lowest BCUT2D eigenvalue weighted by Gasteiger charge is -2.16. The van der Waals surface area contributed by atoms with Gasteiger partial charge in [0.2, 0.25) is 0 Å². The third-order valence-corrected chi connectivity index (χ3v) is 2.31. The lowest BCUT2D eigenvalue weighted by Crippen LogP contribution is -2.38. The monoisotopic (exact) mass is 260 g/mol. The second-order valence-corrected chi connectivity index (χ2v) is 4.42. The molecule has 2 amide bonds. The predicted molar refractivity (Wildman–Crippen MR) is 68.6 cm³/mol. The Balaban J connectivity index is 3.49. The zero-order chi connectivity index (χ0) is 14.0. The minimum absolute atomic E-state index is 0.0356. The van der Waals surface area contributed by atoms with Crippen molar-refractivity contribution in [2.24, 2.45) is 0 Å². The number of amides is 2. The highest BCUT2D eigenvalue weighted by Gasteiger charge is 2.08. The first-order valence-corrected chi connectivity index (χ1v) is 6.26. The van der Waals surface area contributed by atoms with E-state index in [1.165, 1.54) is 4.90 Å². The number of carbonyl (C=O) groups excluding carboxylic acids is 1. The van der Waals surface area contributed by atoms with Gasteiger partial charge in [0.1, 0.15) is 0 Å². The smallest absolute Gasteiger partial charge is 0.317 e. The molecule has 0 aliphatic rings. The van der Waals surface area contributed by atoms with Crippen molar-refractivity contribution in [3.8, 4) is 0 Å². The van der Waals surface area contributed by atoms with E-state index in [1.54, 1.807) is 7.05 Å². The Bertz CT molecular complexity index is 256. The molecule has 106 valence electrons. The Kier molecular flexibility index (Phi) is 9.00. The van der Waals surface area contributed by atoms with E-state index in [1.807, 2.05) is 13.8 Å².